The summed E-state index contributed by atoms with van der Waals surface area (Å²) in [4.78, 5) is 43.7. The number of carbonyl (C=O) groups is 3. The lowest BCUT2D eigenvalue weighted by atomic mass is 10.0. The number of imide groups is 1. The average Bonchev–Trinajstić information content (AvgIpc) is 3.41. The Bertz CT molecular complexity index is 1060. The van der Waals surface area contributed by atoms with E-state index in [1.807, 2.05) is 18.2 Å². The molecule has 2 aromatic rings. The number of hydrogen-bond donors (Lipinski definition) is 1. The van der Waals surface area contributed by atoms with Crippen molar-refractivity contribution in [1.29, 1.82) is 0 Å². The maximum Gasteiger partial charge on any atom is 0.416 e. The number of benzene rings is 1. The van der Waals surface area contributed by atoms with Crippen molar-refractivity contribution in [2.24, 2.45) is 0 Å². The van der Waals surface area contributed by atoms with Crippen LogP contribution in [-0.2, 0) is 22.2 Å². The molecule has 10 heteroatoms. The smallest absolute Gasteiger partial charge is 0.334 e. The summed E-state index contributed by atoms with van der Waals surface area (Å²) in [6.45, 7) is 0.808. The predicted molar refractivity (Wildman–Crippen MR) is 117 cm³/mol. The second kappa shape index (κ2) is 9.82. The number of carbonyl (C=O) groups excluding carboxylic acids is 3. The molecule has 0 unspecified atom stereocenters. The van der Waals surface area contributed by atoms with Crippen LogP contribution < -0.4 is 5.32 Å². The maximum atomic E-state index is 12.9. The number of alkyl halides is 3. The Morgan fingerprint density at radius 3 is 2.56 bits per heavy atom. The van der Waals surface area contributed by atoms with E-state index in [1.165, 1.54) is 12.1 Å². The first-order valence-electron chi connectivity index (χ1n) is 11.2. The minimum atomic E-state index is -4.37. The van der Waals surface area contributed by atoms with Crippen molar-refractivity contribution in [2.45, 2.75) is 44.3 Å². The second-order valence-corrected chi connectivity index (χ2v) is 8.48. The number of rotatable bonds is 7. The van der Waals surface area contributed by atoms with Gasteiger partial charge in [0.05, 0.1) is 23.8 Å². The lowest BCUT2D eigenvalue weighted by Gasteiger charge is -2.25. The van der Waals surface area contributed by atoms with Crippen LogP contribution in [0, 0.1) is 0 Å². The van der Waals surface area contributed by atoms with Gasteiger partial charge in [0, 0.05) is 31.6 Å². The summed E-state index contributed by atoms with van der Waals surface area (Å²) in [5.41, 5.74) is 1.50. The minimum absolute atomic E-state index is 0.00450. The van der Waals surface area contributed by atoms with E-state index in [4.69, 9.17) is 4.98 Å². The zero-order chi connectivity index (χ0) is 24.3. The monoisotopic (exact) mass is 474 g/mol. The first-order valence-corrected chi connectivity index (χ1v) is 11.2. The number of hydrogen-bond acceptors (Lipinski definition) is 4. The van der Waals surface area contributed by atoms with Crippen molar-refractivity contribution < 1.29 is 27.6 Å². The van der Waals surface area contributed by atoms with Crippen molar-refractivity contribution >= 4 is 17.8 Å². The molecule has 0 spiro atoms. The Morgan fingerprint density at radius 1 is 1.12 bits per heavy atom. The normalized spacial score (nSPS) is 18.5. The number of likely N-dealkylation sites (tertiary alicyclic amines) is 1. The highest BCUT2D eigenvalue weighted by molar-refractivity contribution is 6.01. The van der Waals surface area contributed by atoms with Gasteiger partial charge in [0.15, 0.2) is 0 Å². The van der Waals surface area contributed by atoms with Gasteiger partial charge < -0.3 is 10.2 Å². The minimum Gasteiger partial charge on any atom is -0.334 e. The quantitative estimate of drug-likeness (QED) is 0.621. The zero-order valence-corrected chi connectivity index (χ0v) is 18.5. The summed E-state index contributed by atoms with van der Waals surface area (Å²) in [6.07, 6.45) is -1.75. The Labute approximate surface area is 194 Å². The van der Waals surface area contributed by atoms with Crippen molar-refractivity contribution in [3.63, 3.8) is 0 Å². The molecule has 2 fully saturated rings. The molecular weight excluding hydrogens is 449 g/mol. The largest absolute Gasteiger partial charge is 0.416 e. The van der Waals surface area contributed by atoms with Gasteiger partial charge in [-0.25, -0.2) is 4.79 Å². The molecule has 1 atom stereocenters. The van der Waals surface area contributed by atoms with Crippen molar-refractivity contribution in [2.75, 3.05) is 19.6 Å². The van der Waals surface area contributed by atoms with Crippen molar-refractivity contribution in [3.8, 4) is 0 Å². The number of halogens is 3. The molecule has 0 saturated carbocycles. The molecule has 0 aliphatic carbocycles. The molecule has 2 aliphatic heterocycles. The number of nitrogens with zero attached hydrogens (tertiary/aromatic N) is 3. The predicted octanol–water partition coefficient (Wildman–Crippen LogP) is 3.69. The molecule has 3 heterocycles. The van der Waals surface area contributed by atoms with Crippen LogP contribution in [0.3, 0.4) is 0 Å². The molecule has 4 amide bonds. The third-order valence-electron chi connectivity index (χ3n) is 6.12. The van der Waals surface area contributed by atoms with E-state index in [9.17, 15) is 27.6 Å². The first-order chi connectivity index (χ1) is 16.2. The average molecular weight is 474 g/mol. The summed E-state index contributed by atoms with van der Waals surface area (Å²) in [6, 6.07) is 9.97. The van der Waals surface area contributed by atoms with Gasteiger partial charge in [-0.3, -0.25) is 19.5 Å². The van der Waals surface area contributed by atoms with Gasteiger partial charge >= 0.3 is 12.2 Å². The number of pyridine rings is 1. The molecule has 7 nitrogen and oxygen atoms in total. The Kier molecular flexibility index (Phi) is 6.85. The SMILES string of the molecule is O=C1CNC(=O)N1CCCC(=O)N1CCC[C@@H]1c1cccc(Cc2ccc(C(F)(F)F)cc2)n1. The topological polar surface area (TPSA) is 82.6 Å². The highest BCUT2D eigenvalue weighted by Gasteiger charge is 2.32. The van der Waals surface area contributed by atoms with Crippen LogP contribution in [0.25, 0.3) is 0 Å². The van der Waals surface area contributed by atoms with E-state index < -0.39 is 17.8 Å². The van der Waals surface area contributed by atoms with Crippen LogP contribution in [0.1, 0.15) is 54.2 Å². The number of aromatic nitrogens is 1. The van der Waals surface area contributed by atoms with E-state index in [-0.39, 0.29) is 37.4 Å². The second-order valence-electron chi connectivity index (χ2n) is 8.48. The lowest BCUT2D eigenvalue weighted by Crippen LogP contribution is -2.34. The molecule has 180 valence electrons. The fourth-order valence-corrected chi connectivity index (χ4v) is 4.39. The van der Waals surface area contributed by atoms with Gasteiger partial charge in [-0.05, 0) is 49.1 Å². The first kappa shape index (κ1) is 23.7. The fraction of sp³-hybridized carbons (Fsp3) is 0.417. The fourth-order valence-electron chi connectivity index (χ4n) is 4.39. The number of amides is 4. The molecule has 1 aromatic heterocycles. The van der Waals surface area contributed by atoms with E-state index in [0.29, 0.717) is 19.4 Å². The summed E-state index contributed by atoms with van der Waals surface area (Å²) in [5.74, 6) is -0.338. The molecule has 2 aliphatic rings. The molecular formula is C24H25F3N4O3. The Balaban J connectivity index is 1.37. The van der Waals surface area contributed by atoms with E-state index in [2.05, 4.69) is 5.32 Å². The molecule has 0 bridgehead atoms. The Hall–Kier alpha value is -3.43. The van der Waals surface area contributed by atoms with Gasteiger partial charge in [-0.1, -0.05) is 18.2 Å². The number of urea groups is 1. The third-order valence-corrected chi connectivity index (χ3v) is 6.12. The van der Waals surface area contributed by atoms with Crippen LogP contribution in [0.5, 0.6) is 0 Å². The van der Waals surface area contributed by atoms with Crippen molar-refractivity contribution in [1.82, 2.24) is 20.1 Å². The number of nitrogens with one attached hydrogen (secondary N) is 1. The molecule has 4 rings (SSSR count). The van der Waals surface area contributed by atoms with Crippen LogP contribution in [0.4, 0.5) is 18.0 Å². The molecule has 1 aromatic carbocycles. The molecule has 0 radical (unpaired) electrons. The van der Waals surface area contributed by atoms with Crippen LogP contribution in [-0.4, -0.2) is 52.3 Å². The molecule has 34 heavy (non-hydrogen) atoms. The van der Waals surface area contributed by atoms with Gasteiger partial charge in [0.25, 0.3) is 0 Å². The molecule has 2 saturated heterocycles. The van der Waals surface area contributed by atoms with Gasteiger partial charge in [-0.2, -0.15) is 13.2 Å². The summed E-state index contributed by atoms with van der Waals surface area (Å²) in [5, 5.41) is 2.46. The van der Waals surface area contributed by atoms with Crippen LogP contribution in [0.15, 0.2) is 42.5 Å². The standard InChI is InChI=1S/C24H25F3N4O3/c25-24(26,27)17-10-8-16(9-11-17)14-18-4-1-5-19(29-18)20-6-2-12-30(20)21(32)7-3-13-31-22(33)15-28-23(31)34/h1,4-5,8-11,20H,2-3,6-7,12-15H2,(H,28,34)/t20-/m1/s1. The Morgan fingerprint density at radius 2 is 1.88 bits per heavy atom. The van der Waals surface area contributed by atoms with Gasteiger partial charge in [0.2, 0.25) is 11.8 Å². The summed E-state index contributed by atoms with van der Waals surface area (Å²) < 4.78 is 38.4. The third kappa shape index (κ3) is 5.37. The van der Waals surface area contributed by atoms with Gasteiger partial charge in [-0.15, -0.1) is 0 Å². The zero-order valence-electron chi connectivity index (χ0n) is 18.5. The van der Waals surface area contributed by atoms with E-state index in [0.717, 1.165) is 46.8 Å². The van der Waals surface area contributed by atoms with Gasteiger partial charge in [0.1, 0.15) is 0 Å². The lowest BCUT2D eigenvalue weighted by molar-refractivity contribution is -0.137. The molecule has 1 N–H and O–H groups in total. The highest BCUT2D eigenvalue weighted by Crippen LogP contribution is 2.32. The highest BCUT2D eigenvalue weighted by atomic mass is 19.4. The van der Waals surface area contributed by atoms with Crippen molar-refractivity contribution in [3.05, 3.63) is 65.0 Å². The van der Waals surface area contributed by atoms with Crippen LogP contribution >= 0.6 is 0 Å². The summed E-state index contributed by atoms with van der Waals surface area (Å²) in [7, 11) is 0. The summed E-state index contributed by atoms with van der Waals surface area (Å²) >= 11 is 0. The maximum absolute atomic E-state index is 12.9. The van der Waals surface area contributed by atoms with Crippen LogP contribution in [0.2, 0.25) is 0 Å². The van der Waals surface area contributed by atoms with E-state index >= 15 is 0 Å². The van der Waals surface area contributed by atoms with E-state index in [1.54, 1.807) is 4.90 Å².